The Hall–Kier alpha value is -1.40. The molecule has 1 unspecified atom stereocenters. The van der Waals surface area contributed by atoms with E-state index < -0.39 is 9.84 Å². The van der Waals surface area contributed by atoms with E-state index in [0.717, 1.165) is 0 Å². The predicted molar refractivity (Wildman–Crippen MR) is 73.3 cm³/mol. The molecule has 5 nitrogen and oxygen atoms in total. The average molecular weight is 299 g/mol. The summed E-state index contributed by atoms with van der Waals surface area (Å²) in [7, 11) is -3.05. The Morgan fingerprint density at radius 1 is 1.37 bits per heavy atom. The van der Waals surface area contributed by atoms with Crippen molar-refractivity contribution in [1.29, 1.82) is 0 Å². The monoisotopic (exact) mass is 298 g/mol. The number of halogens is 1. The molecule has 1 atom stereocenters. The molecule has 2 aromatic rings. The second-order valence-electron chi connectivity index (χ2n) is 4.68. The van der Waals surface area contributed by atoms with Crippen LogP contribution in [0.15, 0.2) is 29.2 Å². The number of nitrogens with zero attached hydrogens (tertiary/aromatic N) is 2. The van der Waals surface area contributed by atoms with Crippen molar-refractivity contribution in [3.8, 4) is 0 Å². The number of aromatic nitrogens is 2. The highest BCUT2D eigenvalue weighted by Crippen LogP contribution is 2.22. The van der Waals surface area contributed by atoms with Gasteiger partial charge in [0, 0.05) is 10.4 Å². The van der Waals surface area contributed by atoms with Crippen molar-refractivity contribution in [1.82, 2.24) is 9.78 Å². The fourth-order valence-electron chi connectivity index (χ4n) is 2.35. The van der Waals surface area contributed by atoms with E-state index in [0.29, 0.717) is 22.2 Å². The zero-order valence-electron chi connectivity index (χ0n) is 9.91. The van der Waals surface area contributed by atoms with E-state index in [1.807, 2.05) is 0 Å². The van der Waals surface area contributed by atoms with E-state index in [-0.39, 0.29) is 23.1 Å². The highest BCUT2D eigenvalue weighted by molar-refractivity contribution is 7.91. The summed E-state index contributed by atoms with van der Waals surface area (Å²) in [5, 5.41) is 5.72. The van der Waals surface area contributed by atoms with Crippen LogP contribution in [-0.4, -0.2) is 29.7 Å². The van der Waals surface area contributed by atoms with Gasteiger partial charge in [-0.3, -0.25) is 4.79 Å². The minimum Gasteiger partial charge on any atom is -0.267 e. The summed E-state index contributed by atoms with van der Waals surface area (Å²) in [6.45, 7) is 0. The van der Waals surface area contributed by atoms with Crippen LogP contribution in [0.4, 0.5) is 0 Å². The van der Waals surface area contributed by atoms with Crippen molar-refractivity contribution < 1.29 is 8.42 Å². The molecule has 0 N–H and O–H groups in total. The molecule has 0 aliphatic carbocycles. The van der Waals surface area contributed by atoms with Crippen LogP contribution in [0.5, 0.6) is 0 Å². The molecule has 2 heterocycles. The van der Waals surface area contributed by atoms with Crippen molar-refractivity contribution >= 4 is 32.2 Å². The average Bonchev–Trinajstić information content (AvgIpc) is 2.71. The Balaban J connectivity index is 2.16. The second-order valence-corrected chi connectivity index (χ2v) is 7.35. The van der Waals surface area contributed by atoms with Gasteiger partial charge in [-0.1, -0.05) is 17.7 Å². The van der Waals surface area contributed by atoms with E-state index in [4.69, 9.17) is 11.6 Å². The zero-order valence-corrected chi connectivity index (χ0v) is 11.5. The third kappa shape index (κ3) is 2.26. The maximum Gasteiger partial charge on any atom is 0.274 e. The lowest BCUT2D eigenvalue weighted by Gasteiger charge is -2.11. The molecule has 3 rings (SSSR count). The van der Waals surface area contributed by atoms with Crippen molar-refractivity contribution in [2.75, 3.05) is 11.5 Å². The summed E-state index contributed by atoms with van der Waals surface area (Å²) in [6.07, 6.45) is 2.00. The quantitative estimate of drug-likeness (QED) is 0.798. The maximum absolute atomic E-state index is 12.3. The Morgan fingerprint density at radius 2 is 2.16 bits per heavy atom. The van der Waals surface area contributed by atoms with Gasteiger partial charge in [0.1, 0.15) is 0 Å². The summed E-state index contributed by atoms with van der Waals surface area (Å²) in [5.74, 6) is 0.0886. The summed E-state index contributed by atoms with van der Waals surface area (Å²) >= 11 is 5.88. The van der Waals surface area contributed by atoms with Gasteiger partial charge in [-0.05, 0) is 18.6 Å². The molecular weight excluding hydrogens is 288 g/mol. The van der Waals surface area contributed by atoms with E-state index in [1.54, 1.807) is 24.4 Å². The number of hydrogen-bond acceptors (Lipinski definition) is 4. The highest BCUT2D eigenvalue weighted by atomic mass is 35.5. The topological polar surface area (TPSA) is 69.0 Å². The summed E-state index contributed by atoms with van der Waals surface area (Å²) in [6, 6.07) is 4.62. The molecule has 0 radical (unpaired) electrons. The molecule has 0 bridgehead atoms. The van der Waals surface area contributed by atoms with Crippen LogP contribution < -0.4 is 5.56 Å². The molecule has 1 aliphatic rings. The molecule has 100 valence electrons. The van der Waals surface area contributed by atoms with Crippen LogP contribution >= 0.6 is 11.6 Å². The summed E-state index contributed by atoms with van der Waals surface area (Å²) < 4.78 is 24.2. The Bertz CT molecular complexity index is 813. The maximum atomic E-state index is 12.3. The van der Waals surface area contributed by atoms with Gasteiger partial charge in [-0.15, -0.1) is 0 Å². The van der Waals surface area contributed by atoms with Gasteiger partial charge < -0.3 is 0 Å². The smallest absolute Gasteiger partial charge is 0.267 e. The summed E-state index contributed by atoms with van der Waals surface area (Å²) in [4.78, 5) is 12.3. The first-order chi connectivity index (χ1) is 8.96. The van der Waals surface area contributed by atoms with Gasteiger partial charge >= 0.3 is 0 Å². The lowest BCUT2D eigenvalue weighted by Crippen LogP contribution is -2.28. The van der Waals surface area contributed by atoms with Crippen LogP contribution in [-0.2, 0) is 9.84 Å². The number of fused-ring (bicyclic) bond motifs is 1. The van der Waals surface area contributed by atoms with Gasteiger partial charge in [0.15, 0.2) is 9.84 Å². The first-order valence-electron chi connectivity index (χ1n) is 5.84. The zero-order chi connectivity index (χ0) is 13.6. The third-order valence-electron chi connectivity index (χ3n) is 3.33. The number of benzene rings is 1. The minimum absolute atomic E-state index is 0.0218. The van der Waals surface area contributed by atoms with Crippen molar-refractivity contribution in [2.45, 2.75) is 12.5 Å². The fourth-order valence-corrected chi connectivity index (χ4v) is 4.22. The molecule has 0 amide bonds. The van der Waals surface area contributed by atoms with Gasteiger partial charge in [0.05, 0.1) is 29.1 Å². The number of sulfone groups is 1. The molecule has 1 aromatic heterocycles. The van der Waals surface area contributed by atoms with Crippen molar-refractivity contribution in [3.05, 3.63) is 39.8 Å². The normalized spacial score (nSPS) is 21.8. The van der Waals surface area contributed by atoms with Gasteiger partial charge in [-0.2, -0.15) is 5.10 Å². The van der Waals surface area contributed by atoms with Crippen LogP contribution in [0.25, 0.3) is 10.8 Å². The Labute approximate surface area is 114 Å². The van der Waals surface area contributed by atoms with Gasteiger partial charge in [0.25, 0.3) is 5.56 Å². The number of hydrogen-bond donors (Lipinski definition) is 0. The number of rotatable bonds is 1. The van der Waals surface area contributed by atoms with Crippen LogP contribution in [0.3, 0.4) is 0 Å². The first kappa shape index (κ1) is 12.6. The molecule has 7 heteroatoms. The largest absolute Gasteiger partial charge is 0.274 e. The van der Waals surface area contributed by atoms with Gasteiger partial charge in [-0.25, -0.2) is 13.1 Å². The molecule has 0 spiro atoms. The Kier molecular flexibility index (Phi) is 2.87. The van der Waals surface area contributed by atoms with Crippen molar-refractivity contribution in [3.63, 3.8) is 0 Å². The van der Waals surface area contributed by atoms with Crippen LogP contribution in [0.1, 0.15) is 12.5 Å². The van der Waals surface area contributed by atoms with E-state index in [1.165, 1.54) is 4.68 Å². The predicted octanol–water partition coefficient (Wildman–Crippen LogP) is 1.41. The fraction of sp³-hybridized carbons (Fsp3) is 0.333. The standard InChI is InChI=1S/C12H11ClN2O3S/c13-9-2-1-8-6-14-15(12(16)11(8)5-9)10-3-4-19(17,18)7-10/h1-2,5-6,10H,3-4,7H2. The highest BCUT2D eigenvalue weighted by Gasteiger charge is 2.30. The minimum atomic E-state index is -3.05. The molecule has 1 fully saturated rings. The molecule has 1 aromatic carbocycles. The molecule has 1 saturated heterocycles. The van der Waals surface area contributed by atoms with E-state index >= 15 is 0 Å². The lowest BCUT2D eigenvalue weighted by molar-refractivity contribution is 0.478. The van der Waals surface area contributed by atoms with E-state index in [2.05, 4.69) is 5.10 Å². The SMILES string of the molecule is O=c1c2cc(Cl)ccc2cnn1C1CCS(=O)(=O)C1. The molecule has 19 heavy (non-hydrogen) atoms. The van der Waals surface area contributed by atoms with Gasteiger partial charge in [0.2, 0.25) is 0 Å². The Morgan fingerprint density at radius 3 is 2.84 bits per heavy atom. The molecular formula is C12H11ClN2O3S. The van der Waals surface area contributed by atoms with Crippen molar-refractivity contribution in [2.24, 2.45) is 0 Å². The second kappa shape index (κ2) is 4.31. The summed E-state index contributed by atoms with van der Waals surface area (Å²) in [5.41, 5.74) is -0.290. The van der Waals surface area contributed by atoms with Crippen LogP contribution in [0, 0.1) is 0 Å². The lowest BCUT2D eigenvalue weighted by atomic mass is 10.2. The molecule has 1 aliphatic heterocycles. The third-order valence-corrected chi connectivity index (χ3v) is 5.31. The molecule has 0 saturated carbocycles. The van der Waals surface area contributed by atoms with E-state index in [9.17, 15) is 13.2 Å². The van der Waals surface area contributed by atoms with Crippen LogP contribution in [0.2, 0.25) is 5.02 Å². The first-order valence-corrected chi connectivity index (χ1v) is 8.04.